The molecule has 1 N–H and O–H groups in total. The quantitative estimate of drug-likeness (QED) is 0.913. The minimum atomic E-state index is 0.367. The van der Waals surface area contributed by atoms with Crippen LogP contribution in [0.1, 0.15) is 53.3 Å². The predicted molar refractivity (Wildman–Crippen MR) is 87.6 cm³/mol. The number of hydrogen-bond acceptors (Lipinski definition) is 2. The van der Waals surface area contributed by atoms with Crippen molar-refractivity contribution >= 4 is 0 Å². The third-order valence-electron chi connectivity index (χ3n) is 4.60. The second-order valence-electron chi connectivity index (χ2n) is 6.09. The van der Waals surface area contributed by atoms with Crippen molar-refractivity contribution in [2.75, 3.05) is 6.54 Å². The molecule has 1 aliphatic rings. The highest BCUT2D eigenvalue weighted by Gasteiger charge is 2.32. The van der Waals surface area contributed by atoms with E-state index in [4.69, 9.17) is 0 Å². The summed E-state index contributed by atoms with van der Waals surface area (Å²) >= 11 is 0. The minimum absolute atomic E-state index is 0.367. The lowest BCUT2D eigenvalue weighted by molar-refractivity contribution is 0.445. The molecular formula is C19H24N2. The lowest BCUT2D eigenvalue weighted by atomic mass is 9.87. The number of likely N-dealkylation sites (N-methyl/N-ethyl adjacent to an activating group) is 1. The summed E-state index contributed by atoms with van der Waals surface area (Å²) in [6, 6.07) is 11.4. The molecule has 1 aliphatic carbocycles. The van der Waals surface area contributed by atoms with Crippen molar-refractivity contribution in [1.29, 1.82) is 0 Å². The first-order valence-corrected chi connectivity index (χ1v) is 7.95. The molecule has 1 heterocycles. The molecule has 2 nitrogen and oxygen atoms in total. The van der Waals surface area contributed by atoms with Gasteiger partial charge in [0.05, 0.1) is 0 Å². The first-order valence-electron chi connectivity index (χ1n) is 7.95. The molecule has 110 valence electrons. The van der Waals surface area contributed by atoms with Gasteiger partial charge in [0.25, 0.3) is 0 Å². The molecule has 0 spiro atoms. The second kappa shape index (κ2) is 5.98. The van der Waals surface area contributed by atoms with Crippen molar-refractivity contribution in [3.8, 4) is 0 Å². The number of aromatic nitrogens is 1. The fourth-order valence-corrected chi connectivity index (χ4v) is 3.55. The highest BCUT2D eigenvalue weighted by Crippen LogP contribution is 2.41. The summed E-state index contributed by atoms with van der Waals surface area (Å²) in [4.78, 5) is 4.68. The Hall–Kier alpha value is -1.67. The van der Waals surface area contributed by atoms with Crippen molar-refractivity contribution in [3.05, 3.63) is 64.5 Å². The Morgan fingerprint density at radius 2 is 2.14 bits per heavy atom. The summed E-state index contributed by atoms with van der Waals surface area (Å²) in [6.07, 6.45) is 4.28. The average molecular weight is 280 g/mol. The monoisotopic (exact) mass is 280 g/mol. The molecule has 0 saturated carbocycles. The summed E-state index contributed by atoms with van der Waals surface area (Å²) in [5.41, 5.74) is 6.86. The average Bonchev–Trinajstić information content (AvgIpc) is 2.91. The Kier molecular flexibility index (Phi) is 4.07. The van der Waals surface area contributed by atoms with Gasteiger partial charge in [0.15, 0.2) is 0 Å². The van der Waals surface area contributed by atoms with Crippen molar-refractivity contribution in [2.24, 2.45) is 0 Å². The van der Waals surface area contributed by atoms with Gasteiger partial charge < -0.3 is 5.32 Å². The zero-order valence-electron chi connectivity index (χ0n) is 13.2. The molecule has 0 fully saturated rings. The summed E-state index contributed by atoms with van der Waals surface area (Å²) in [5.74, 6) is 0.488. The van der Waals surface area contributed by atoms with Crippen LogP contribution in [0.15, 0.2) is 36.5 Å². The number of nitrogens with one attached hydrogen (secondary N) is 1. The number of rotatable bonds is 4. The van der Waals surface area contributed by atoms with E-state index in [2.05, 4.69) is 61.4 Å². The minimum Gasteiger partial charge on any atom is -0.310 e. The molecule has 0 saturated heterocycles. The van der Waals surface area contributed by atoms with Crippen molar-refractivity contribution in [1.82, 2.24) is 10.3 Å². The van der Waals surface area contributed by atoms with Crippen LogP contribution in [0.3, 0.4) is 0 Å². The Balaban J connectivity index is 2.01. The van der Waals surface area contributed by atoms with E-state index in [0.29, 0.717) is 12.0 Å². The van der Waals surface area contributed by atoms with E-state index in [1.165, 1.54) is 34.4 Å². The largest absolute Gasteiger partial charge is 0.310 e. The normalized spacial score (nSPS) is 18.5. The van der Waals surface area contributed by atoms with Gasteiger partial charge in [-0.1, -0.05) is 36.8 Å². The Labute approximate surface area is 127 Å². The van der Waals surface area contributed by atoms with Crippen molar-refractivity contribution in [2.45, 2.75) is 45.6 Å². The molecule has 3 rings (SSSR count). The van der Waals surface area contributed by atoms with Crippen LogP contribution < -0.4 is 5.32 Å². The second-order valence-corrected chi connectivity index (χ2v) is 6.09. The fourth-order valence-electron chi connectivity index (χ4n) is 3.55. The van der Waals surface area contributed by atoms with E-state index >= 15 is 0 Å². The number of pyridine rings is 1. The summed E-state index contributed by atoms with van der Waals surface area (Å²) in [5, 5.41) is 3.71. The number of benzene rings is 1. The van der Waals surface area contributed by atoms with E-state index in [9.17, 15) is 0 Å². The van der Waals surface area contributed by atoms with Crippen LogP contribution in [-0.2, 0) is 6.42 Å². The Bertz CT molecular complexity index is 633. The Morgan fingerprint density at radius 1 is 1.29 bits per heavy atom. The molecule has 0 aliphatic heterocycles. The lowest BCUT2D eigenvalue weighted by Crippen LogP contribution is -2.27. The maximum Gasteiger partial charge on any atom is 0.0485 e. The summed E-state index contributed by atoms with van der Waals surface area (Å²) < 4.78 is 0. The standard InChI is InChI=1S/C19H24N2/c1-4-20-19(17-12-13(2)7-8-14(17)3)16-10-9-15-6-5-11-21-18(15)16/h5-8,11-12,16,19-20H,4,9-10H2,1-3H3. The molecule has 2 atom stereocenters. The van der Waals surface area contributed by atoms with E-state index in [1.807, 2.05) is 6.20 Å². The van der Waals surface area contributed by atoms with Crippen LogP contribution in [0.5, 0.6) is 0 Å². The molecule has 2 heteroatoms. The number of aryl methyl sites for hydroxylation is 3. The molecule has 0 bridgehead atoms. The zero-order valence-corrected chi connectivity index (χ0v) is 13.2. The van der Waals surface area contributed by atoms with Crippen molar-refractivity contribution in [3.63, 3.8) is 0 Å². The first kappa shape index (κ1) is 14.3. The molecule has 0 radical (unpaired) electrons. The zero-order chi connectivity index (χ0) is 14.8. The maximum atomic E-state index is 4.68. The van der Waals surface area contributed by atoms with Crippen LogP contribution >= 0.6 is 0 Å². The maximum absolute atomic E-state index is 4.68. The van der Waals surface area contributed by atoms with Crippen LogP contribution in [0.4, 0.5) is 0 Å². The van der Waals surface area contributed by atoms with Crippen LogP contribution in [0, 0.1) is 13.8 Å². The van der Waals surface area contributed by atoms with E-state index in [1.54, 1.807) is 0 Å². The molecule has 2 aromatic rings. The van der Waals surface area contributed by atoms with Crippen LogP contribution in [0.25, 0.3) is 0 Å². The molecule has 2 unspecified atom stereocenters. The molecule has 21 heavy (non-hydrogen) atoms. The molecule has 1 aromatic heterocycles. The number of hydrogen-bond donors (Lipinski definition) is 1. The van der Waals surface area contributed by atoms with Gasteiger partial charge in [-0.2, -0.15) is 0 Å². The van der Waals surface area contributed by atoms with Gasteiger partial charge in [-0.25, -0.2) is 0 Å². The summed E-state index contributed by atoms with van der Waals surface area (Å²) in [7, 11) is 0. The lowest BCUT2D eigenvalue weighted by Gasteiger charge is -2.27. The molecule has 1 aromatic carbocycles. The SMILES string of the molecule is CCNC(c1cc(C)ccc1C)C1CCc2cccnc21. The van der Waals surface area contributed by atoms with Gasteiger partial charge in [0.1, 0.15) is 0 Å². The molecule has 0 amide bonds. The number of nitrogens with zero attached hydrogens (tertiary/aromatic N) is 1. The van der Waals surface area contributed by atoms with E-state index < -0.39 is 0 Å². The first-order chi connectivity index (χ1) is 10.2. The van der Waals surface area contributed by atoms with E-state index in [-0.39, 0.29) is 0 Å². The fraction of sp³-hybridized carbons (Fsp3) is 0.421. The predicted octanol–water partition coefficient (Wildman–Crippen LogP) is 4.08. The van der Waals surface area contributed by atoms with Gasteiger partial charge in [-0.15, -0.1) is 0 Å². The topological polar surface area (TPSA) is 24.9 Å². The van der Waals surface area contributed by atoms with Gasteiger partial charge in [-0.3, -0.25) is 4.98 Å². The van der Waals surface area contributed by atoms with Gasteiger partial charge in [-0.05, 0) is 56.0 Å². The molecular weight excluding hydrogens is 256 g/mol. The van der Waals surface area contributed by atoms with Gasteiger partial charge in [0, 0.05) is 23.9 Å². The van der Waals surface area contributed by atoms with Crippen LogP contribution in [0.2, 0.25) is 0 Å². The smallest absolute Gasteiger partial charge is 0.0485 e. The third kappa shape index (κ3) is 2.73. The van der Waals surface area contributed by atoms with Gasteiger partial charge in [0.2, 0.25) is 0 Å². The third-order valence-corrected chi connectivity index (χ3v) is 4.60. The Morgan fingerprint density at radius 3 is 2.95 bits per heavy atom. The number of fused-ring (bicyclic) bond motifs is 1. The van der Waals surface area contributed by atoms with Crippen LogP contribution in [-0.4, -0.2) is 11.5 Å². The van der Waals surface area contributed by atoms with Crippen molar-refractivity contribution < 1.29 is 0 Å². The van der Waals surface area contributed by atoms with Gasteiger partial charge >= 0.3 is 0 Å². The van der Waals surface area contributed by atoms with E-state index in [0.717, 1.165) is 13.0 Å². The summed E-state index contributed by atoms with van der Waals surface area (Å²) in [6.45, 7) is 7.56. The highest BCUT2D eigenvalue weighted by molar-refractivity contribution is 5.38. The highest BCUT2D eigenvalue weighted by atomic mass is 14.9.